The zero-order valence-corrected chi connectivity index (χ0v) is 10.5. The van der Waals surface area contributed by atoms with E-state index < -0.39 is 0 Å². The quantitative estimate of drug-likeness (QED) is 0.847. The van der Waals surface area contributed by atoms with Crippen molar-refractivity contribution in [1.29, 1.82) is 0 Å². The molecule has 0 radical (unpaired) electrons. The van der Waals surface area contributed by atoms with E-state index in [2.05, 4.69) is 27.5 Å². The molecule has 0 spiro atoms. The molecule has 6 nitrogen and oxygen atoms in total. The van der Waals surface area contributed by atoms with Crippen LogP contribution in [0, 0.1) is 0 Å². The molecule has 0 amide bonds. The van der Waals surface area contributed by atoms with Crippen LogP contribution in [0.4, 0.5) is 6.01 Å². The Morgan fingerprint density at radius 1 is 1.50 bits per heavy atom. The summed E-state index contributed by atoms with van der Waals surface area (Å²) in [5, 5.41) is 11.4. The van der Waals surface area contributed by atoms with Crippen LogP contribution in [-0.2, 0) is 13.1 Å². The molecule has 18 heavy (non-hydrogen) atoms. The largest absolute Gasteiger partial charge is 0.334 e. The van der Waals surface area contributed by atoms with Crippen LogP contribution in [0.5, 0.6) is 0 Å². The van der Waals surface area contributed by atoms with Crippen molar-refractivity contribution in [3.63, 3.8) is 0 Å². The molecule has 1 fully saturated rings. The molecule has 0 atom stereocenters. The van der Waals surface area contributed by atoms with Gasteiger partial charge in [0.05, 0.1) is 6.20 Å². The lowest BCUT2D eigenvalue weighted by Crippen LogP contribution is -1.99. The van der Waals surface area contributed by atoms with Gasteiger partial charge in [-0.05, 0) is 19.3 Å². The topological polar surface area (TPSA) is 68.8 Å². The lowest BCUT2D eigenvalue weighted by molar-refractivity contribution is 0.422. The summed E-state index contributed by atoms with van der Waals surface area (Å²) >= 11 is 0. The summed E-state index contributed by atoms with van der Waals surface area (Å²) in [6, 6.07) is 0.500. The predicted molar refractivity (Wildman–Crippen MR) is 66.1 cm³/mol. The maximum absolute atomic E-state index is 5.14. The number of hydrogen-bond acceptors (Lipinski definition) is 5. The van der Waals surface area contributed by atoms with Gasteiger partial charge in [0.2, 0.25) is 0 Å². The smallest absolute Gasteiger partial charge is 0.321 e. The normalized spacial score (nSPS) is 14.9. The fourth-order valence-electron chi connectivity index (χ4n) is 1.84. The molecule has 0 aromatic carbocycles. The Morgan fingerprint density at radius 2 is 2.39 bits per heavy atom. The lowest BCUT2D eigenvalue weighted by atomic mass is 10.3. The van der Waals surface area contributed by atoms with Crippen molar-refractivity contribution >= 4 is 6.01 Å². The van der Waals surface area contributed by atoms with Gasteiger partial charge in [-0.25, -0.2) is 0 Å². The molecule has 2 heterocycles. The fraction of sp³-hybridized carbons (Fsp3) is 0.583. The summed E-state index contributed by atoms with van der Waals surface area (Å²) in [6.07, 6.45) is 7.35. The van der Waals surface area contributed by atoms with Crippen LogP contribution >= 0.6 is 0 Å². The highest BCUT2D eigenvalue weighted by molar-refractivity contribution is 5.23. The van der Waals surface area contributed by atoms with Crippen LogP contribution in [0.15, 0.2) is 16.9 Å². The van der Waals surface area contributed by atoms with Crippen molar-refractivity contribution in [2.24, 2.45) is 0 Å². The third kappa shape index (κ3) is 2.52. The van der Waals surface area contributed by atoms with E-state index in [1.165, 1.54) is 12.8 Å². The van der Waals surface area contributed by atoms with E-state index in [1.54, 1.807) is 0 Å². The molecule has 1 aliphatic rings. The highest BCUT2D eigenvalue weighted by Crippen LogP contribution is 2.38. The third-order valence-electron chi connectivity index (χ3n) is 2.97. The molecule has 3 rings (SSSR count). The second-order valence-electron chi connectivity index (χ2n) is 4.70. The highest BCUT2D eigenvalue weighted by Gasteiger charge is 2.28. The second kappa shape index (κ2) is 4.80. The first-order valence-electron chi connectivity index (χ1n) is 6.44. The Bertz CT molecular complexity index is 514. The standard InChI is InChI=1S/C12H17N5O/c1-2-5-17-8-9(7-14-17)6-13-12-15-11(16-18-12)10-3-4-10/h7-8,10H,2-6H2,1H3,(H,13,15,16). The van der Waals surface area contributed by atoms with Crippen LogP contribution in [0.25, 0.3) is 0 Å². The molecule has 2 aromatic heterocycles. The van der Waals surface area contributed by atoms with Gasteiger partial charge in [0.25, 0.3) is 0 Å². The summed E-state index contributed by atoms with van der Waals surface area (Å²) in [4.78, 5) is 4.31. The molecule has 96 valence electrons. The van der Waals surface area contributed by atoms with E-state index in [4.69, 9.17) is 4.52 Å². The number of aryl methyl sites for hydroxylation is 1. The molecule has 0 unspecified atom stereocenters. The zero-order chi connectivity index (χ0) is 12.4. The molecule has 0 bridgehead atoms. The summed E-state index contributed by atoms with van der Waals surface area (Å²) in [7, 11) is 0. The Kier molecular flexibility index (Phi) is 3.00. The Balaban J connectivity index is 1.55. The van der Waals surface area contributed by atoms with Crippen molar-refractivity contribution < 1.29 is 4.52 Å². The Morgan fingerprint density at radius 3 is 3.17 bits per heavy atom. The van der Waals surface area contributed by atoms with E-state index in [0.717, 1.165) is 24.4 Å². The van der Waals surface area contributed by atoms with E-state index >= 15 is 0 Å². The first-order valence-corrected chi connectivity index (χ1v) is 6.44. The monoisotopic (exact) mass is 247 g/mol. The minimum atomic E-state index is 0.500. The van der Waals surface area contributed by atoms with Crippen LogP contribution in [-0.4, -0.2) is 19.9 Å². The number of aromatic nitrogens is 4. The maximum Gasteiger partial charge on any atom is 0.321 e. The number of hydrogen-bond donors (Lipinski definition) is 1. The zero-order valence-electron chi connectivity index (χ0n) is 10.5. The van der Waals surface area contributed by atoms with Crippen molar-refractivity contribution in [2.75, 3.05) is 5.32 Å². The average Bonchev–Trinajstić information content (AvgIpc) is 2.95. The van der Waals surface area contributed by atoms with Gasteiger partial charge in [-0.3, -0.25) is 4.68 Å². The Labute approximate surface area is 105 Å². The summed E-state index contributed by atoms with van der Waals surface area (Å²) in [5.74, 6) is 1.36. The minimum absolute atomic E-state index is 0.500. The van der Waals surface area contributed by atoms with Gasteiger partial charge in [-0.1, -0.05) is 12.1 Å². The van der Waals surface area contributed by atoms with Gasteiger partial charge in [-0.2, -0.15) is 10.1 Å². The predicted octanol–water partition coefficient (Wildman–Crippen LogP) is 2.17. The van der Waals surface area contributed by atoms with E-state index in [-0.39, 0.29) is 0 Å². The van der Waals surface area contributed by atoms with Crippen molar-refractivity contribution in [3.05, 3.63) is 23.8 Å². The van der Waals surface area contributed by atoms with Gasteiger partial charge in [0.1, 0.15) is 0 Å². The first kappa shape index (κ1) is 11.3. The number of anilines is 1. The number of rotatable bonds is 6. The molecule has 1 N–H and O–H groups in total. The molecule has 2 aromatic rings. The fourth-order valence-corrected chi connectivity index (χ4v) is 1.84. The average molecular weight is 247 g/mol. The van der Waals surface area contributed by atoms with Crippen molar-refractivity contribution in [3.8, 4) is 0 Å². The van der Waals surface area contributed by atoms with Gasteiger partial charge in [0, 0.05) is 30.8 Å². The van der Waals surface area contributed by atoms with Gasteiger partial charge in [-0.15, -0.1) is 0 Å². The summed E-state index contributed by atoms with van der Waals surface area (Å²) in [5.41, 5.74) is 1.12. The van der Waals surface area contributed by atoms with Gasteiger partial charge in [0.15, 0.2) is 5.82 Å². The Hall–Kier alpha value is -1.85. The summed E-state index contributed by atoms with van der Waals surface area (Å²) in [6.45, 7) is 3.75. The van der Waals surface area contributed by atoms with Crippen molar-refractivity contribution in [2.45, 2.75) is 45.2 Å². The van der Waals surface area contributed by atoms with Crippen LogP contribution in [0.2, 0.25) is 0 Å². The van der Waals surface area contributed by atoms with E-state index in [1.807, 2.05) is 17.1 Å². The first-order chi connectivity index (χ1) is 8.85. The summed E-state index contributed by atoms with van der Waals surface area (Å²) < 4.78 is 7.09. The second-order valence-corrected chi connectivity index (χ2v) is 4.70. The van der Waals surface area contributed by atoms with Gasteiger partial charge < -0.3 is 9.84 Å². The van der Waals surface area contributed by atoms with Crippen LogP contribution in [0.3, 0.4) is 0 Å². The molecular weight excluding hydrogens is 230 g/mol. The molecular formula is C12H17N5O. The lowest BCUT2D eigenvalue weighted by Gasteiger charge is -1.97. The van der Waals surface area contributed by atoms with E-state index in [0.29, 0.717) is 18.5 Å². The number of nitrogens with zero attached hydrogens (tertiary/aromatic N) is 4. The SMILES string of the molecule is CCCn1cc(CNc2nc(C3CC3)no2)cn1. The third-order valence-corrected chi connectivity index (χ3v) is 2.97. The molecule has 0 saturated heterocycles. The maximum atomic E-state index is 5.14. The number of nitrogens with one attached hydrogen (secondary N) is 1. The molecule has 1 saturated carbocycles. The van der Waals surface area contributed by atoms with Gasteiger partial charge >= 0.3 is 6.01 Å². The van der Waals surface area contributed by atoms with Crippen molar-refractivity contribution in [1.82, 2.24) is 19.9 Å². The van der Waals surface area contributed by atoms with E-state index in [9.17, 15) is 0 Å². The molecule has 1 aliphatic carbocycles. The highest BCUT2D eigenvalue weighted by atomic mass is 16.5. The van der Waals surface area contributed by atoms with Crippen LogP contribution < -0.4 is 5.32 Å². The minimum Gasteiger partial charge on any atom is -0.334 e. The molecule has 0 aliphatic heterocycles. The van der Waals surface area contributed by atoms with Crippen LogP contribution in [0.1, 0.15) is 43.5 Å². The molecule has 6 heteroatoms.